The van der Waals surface area contributed by atoms with E-state index in [0.29, 0.717) is 17.1 Å². The third-order valence-corrected chi connectivity index (χ3v) is 2.75. The smallest absolute Gasteiger partial charge is 0.253 e. The van der Waals surface area contributed by atoms with Gasteiger partial charge in [0.25, 0.3) is 5.91 Å². The molecule has 0 saturated carbocycles. The van der Waals surface area contributed by atoms with Gasteiger partial charge in [-0.25, -0.2) is 0 Å². The number of nitrogens with zero attached hydrogens (tertiary/aromatic N) is 1. The molecule has 0 unspecified atom stereocenters. The predicted octanol–water partition coefficient (Wildman–Crippen LogP) is 2.13. The summed E-state index contributed by atoms with van der Waals surface area (Å²) < 4.78 is 0. The maximum atomic E-state index is 11.4. The summed E-state index contributed by atoms with van der Waals surface area (Å²) in [6, 6.07) is 7.32. The number of rotatable bonds is 0. The first-order chi connectivity index (χ1) is 7.24. The van der Waals surface area contributed by atoms with E-state index < -0.39 is 0 Å². The molecule has 1 amide bonds. The Morgan fingerprint density at radius 1 is 1.33 bits per heavy atom. The number of aromatic nitrogens is 1. The Kier molecular flexibility index (Phi) is 1.70. The summed E-state index contributed by atoms with van der Waals surface area (Å²) in [6.07, 6.45) is 0. The van der Waals surface area contributed by atoms with E-state index in [1.807, 2.05) is 18.2 Å². The number of hydrogen-bond acceptors (Lipinski definition) is 2. The number of amides is 1. The highest BCUT2D eigenvalue weighted by Gasteiger charge is 2.20. The van der Waals surface area contributed by atoms with Gasteiger partial charge in [0.1, 0.15) is 0 Å². The van der Waals surface area contributed by atoms with E-state index in [2.05, 4.69) is 10.3 Å². The quantitative estimate of drug-likeness (QED) is 0.736. The first-order valence-electron chi connectivity index (χ1n) is 4.61. The van der Waals surface area contributed by atoms with Crippen LogP contribution in [0.4, 0.5) is 0 Å². The van der Waals surface area contributed by atoms with Crippen molar-refractivity contribution in [1.29, 1.82) is 0 Å². The van der Waals surface area contributed by atoms with Crippen molar-refractivity contribution in [1.82, 2.24) is 10.3 Å². The summed E-state index contributed by atoms with van der Waals surface area (Å²) in [5, 5.41) is 4.30. The van der Waals surface area contributed by atoms with Crippen LogP contribution in [0.2, 0.25) is 5.02 Å². The number of benzene rings is 1. The maximum absolute atomic E-state index is 11.4. The lowest BCUT2D eigenvalue weighted by molar-refractivity contribution is 0.0966. The summed E-state index contributed by atoms with van der Waals surface area (Å²) in [7, 11) is 0. The Labute approximate surface area is 91.1 Å². The predicted molar refractivity (Wildman–Crippen MR) is 57.9 cm³/mol. The van der Waals surface area contributed by atoms with Gasteiger partial charge in [0.05, 0.1) is 23.3 Å². The van der Waals surface area contributed by atoms with Crippen molar-refractivity contribution in [2.24, 2.45) is 0 Å². The van der Waals surface area contributed by atoms with Gasteiger partial charge in [0, 0.05) is 10.4 Å². The average Bonchev–Trinajstić information content (AvgIpc) is 2.57. The normalized spacial score (nSPS) is 14.1. The molecule has 2 aromatic rings. The van der Waals surface area contributed by atoms with Gasteiger partial charge in [-0.1, -0.05) is 11.6 Å². The van der Waals surface area contributed by atoms with Crippen LogP contribution >= 0.6 is 11.6 Å². The van der Waals surface area contributed by atoms with Gasteiger partial charge in [0.15, 0.2) is 0 Å². The van der Waals surface area contributed by atoms with Crippen LogP contribution in [0.3, 0.4) is 0 Å². The Balaban J connectivity index is 2.35. The highest BCUT2D eigenvalue weighted by Crippen LogP contribution is 2.22. The second-order valence-corrected chi connectivity index (χ2v) is 3.94. The maximum Gasteiger partial charge on any atom is 0.253 e. The van der Waals surface area contributed by atoms with Crippen molar-refractivity contribution < 1.29 is 4.79 Å². The molecule has 74 valence electrons. The molecule has 1 aliphatic rings. The summed E-state index contributed by atoms with van der Waals surface area (Å²) >= 11 is 5.88. The Morgan fingerprint density at radius 2 is 2.20 bits per heavy atom. The molecule has 1 aliphatic heterocycles. The molecule has 0 aliphatic carbocycles. The molecule has 1 aromatic carbocycles. The molecule has 15 heavy (non-hydrogen) atoms. The molecular weight excluding hydrogens is 212 g/mol. The molecule has 0 radical (unpaired) electrons. The number of halogens is 1. The molecule has 0 atom stereocenters. The monoisotopic (exact) mass is 218 g/mol. The van der Waals surface area contributed by atoms with Gasteiger partial charge < -0.3 is 5.32 Å². The molecule has 0 fully saturated rings. The van der Waals surface area contributed by atoms with E-state index in [0.717, 1.165) is 16.6 Å². The van der Waals surface area contributed by atoms with Crippen LogP contribution in [0.15, 0.2) is 24.3 Å². The van der Waals surface area contributed by atoms with Crippen LogP contribution in [-0.2, 0) is 6.54 Å². The summed E-state index contributed by atoms with van der Waals surface area (Å²) in [5.74, 6) is -0.0561. The number of nitrogens with one attached hydrogen (secondary N) is 1. The van der Waals surface area contributed by atoms with E-state index in [1.54, 1.807) is 6.07 Å². The van der Waals surface area contributed by atoms with Crippen LogP contribution in [0, 0.1) is 0 Å². The van der Waals surface area contributed by atoms with Gasteiger partial charge in [0.2, 0.25) is 0 Å². The summed E-state index contributed by atoms with van der Waals surface area (Å²) in [5.41, 5.74) is 2.34. The van der Waals surface area contributed by atoms with E-state index in [-0.39, 0.29) is 5.91 Å². The van der Waals surface area contributed by atoms with E-state index in [9.17, 15) is 4.79 Å². The number of hydrogen-bond donors (Lipinski definition) is 1. The molecular formula is C11H7ClN2O. The minimum absolute atomic E-state index is 0.0561. The first kappa shape index (κ1) is 8.68. The van der Waals surface area contributed by atoms with Crippen molar-refractivity contribution in [2.75, 3.05) is 0 Å². The standard InChI is InChI=1S/C11H7ClN2O/c12-7-1-2-9-6(3-7)4-8-10(14-9)5-13-11(8)15/h1-4H,5H2,(H,13,15). The largest absolute Gasteiger partial charge is 0.346 e. The molecule has 0 saturated heterocycles. The van der Waals surface area contributed by atoms with Crippen molar-refractivity contribution in [3.05, 3.63) is 40.5 Å². The fraction of sp³-hybridized carbons (Fsp3) is 0.0909. The lowest BCUT2D eigenvalue weighted by atomic mass is 10.1. The topological polar surface area (TPSA) is 42.0 Å². The average molecular weight is 219 g/mol. The Morgan fingerprint density at radius 3 is 3.07 bits per heavy atom. The van der Waals surface area contributed by atoms with Gasteiger partial charge in [-0.15, -0.1) is 0 Å². The molecule has 0 bridgehead atoms. The number of carbonyl (C=O) groups is 1. The zero-order valence-electron chi connectivity index (χ0n) is 7.75. The van der Waals surface area contributed by atoms with Crippen molar-refractivity contribution in [2.45, 2.75) is 6.54 Å². The lowest BCUT2D eigenvalue weighted by Crippen LogP contribution is -2.12. The summed E-state index contributed by atoms with van der Waals surface area (Å²) in [6.45, 7) is 0.521. The lowest BCUT2D eigenvalue weighted by Gasteiger charge is -2.00. The van der Waals surface area contributed by atoms with Crippen molar-refractivity contribution >= 4 is 28.4 Å². The molecule has 3 rings (SSSR count). The fourth-order valence-corrected chi connectivity index (χ4v) is 1.96. The molecule has 0 spiro atoms. The second kappa shape index (κ2) is 2.94. The van der Waals surface area contributed by atoms with Crippen LogP contribution in [0.25, 0.3) is 10.9 Å². The van der Waals surface area contributed by atoms with Crippen LogP contribution in [-0.4, -0.2) is 10.9 Å². The third-order valence-electron chi connectivity index (χ3n) is 2.52. The van der Waals surface area contributed by atoms with Crippen molar-refractivity contribution in [3.8, 4) is 0 Å². The zero-order chi connectivity index (χ0) is 10.4. The highest BCUT2D eigenvalue weighted by atomic mass is 35.5. The molecule has 1 aromatic heterocycles. The highest BCUT2D eigenvalue weighted by molar-refractivity contribution is 6.31. The third kappa shape index (κ3) is 1.27. The van der Waals surface area contributed by atoms with Gasteiger partial charge in [-0.05, 0) is 24.3 Å². The van der Waals surface area contributed by atoms with Crippen LogP contribution in [0.5, 0.6) is 0 Å². The van der Waals surface area contributed by atoms with E-state index in [1.165, 1.54) is 0 Å². The number of carbonyl (C=O) groups excluding carboxylic acids is 1. The van der Waals surface area contributed by atoms with E-state index >= 15 is 0 Å². The minimum Gasteiger partial charge on any atom is -0.346 e. The molecule has 4 heteroatoms. The Hall–Kier alpha value is -1.61. The SMILES string of the molecule is O=C1NCc2nc3ccc(Cl)cc3cc21. The van der Waals surface area contributed by atoms with E-state index in [4.69, 9.17) is 11.6 Å². The second-order valence-electron chi connectivity index (χ2n) is 3.50. The molecule has 2 heterocycles. The number of pyridine rings is 1. The molecule has 1 N–H and O–H groups in total. The fourth-order valence-electron chi connectivity index (χ4n) is 1.78. The van der Waals surface area contributed by atoms with Crippen LogP contribution in [0.1, 0.15) is 16.1 Å². The number of fused-ring (bicyclic) bond motifs is 2. The van der Waals surface area contributed by atoms with Crippen molar-refractivity contribution in [3.63, 3.8) is 0 Å². The van der Waals surface area contributed by atoms with Gasteiger partial charge in [-0.2, -0.15) is 0 Å². The van der Waals surface area contributed by atoms with Gasteiger partial charge >= 0.3 is 0 Å². The zero-order valence-corrected chi connectivity index (χ0v) is 8.51. The summed E-state index contributed by atoms with van der Waals surface area (Å²) in [4.78, 5) is 15.8. The van der Waals surface area contributed by atoms with Gasteiger partial charge in [-0.3, -0.25) is 9.78 Å². The molecule has 3 nitrogen and oxygen atoms in total. The first-order valence-corrected chi connectivity index (χ1v) is 4.99. The van der Waals surface area contributed by atoms with Crippen LogP contribution < -0.4 is 5.32 Å². The Bertz CT molecular complexity index is 580. The minimum atomic E-state index is -0.0561.